The van der Waals surface area contributed by atoms with Crippen molar-refractivity contribution in [2.24, 2.45) is 5.41 Å². The highest BCUT2D eigenvalue weighted by Gasteiger charge is 2.34. The first-order valence-corrected chi connectivity index (χ1v) is 8.19. The predicted molar refractivity (Wildman–Crippen MR) is 85.3 cm³/mol. The van der Waals surface area contributed by atoms with Crippen LogP contribution in [0.3, 0.4) is 0 Å². The summed E-state index contributed by atoms with van der Waals surface area (Å²) in [6.07, 6.45) is 4.16. The second kappa shape index (κ2) is 7.97. The number of hydrogen-bond acceptors (Lipinski definition) is 4. The standard InChI is InChI=1S/C17H30N2O2/c1-4-19(11-16-7-5-10-21-16)13-17(12-18-15(2)3)8-6-9-20-14-17/h5,7,10,15,18H,4,6,8-9,11-14H2,1-3H3. The van der Waals surface area contributed by atoms with Crippen molar-refractivity contribution >= 4 is 0 Å². The summed E-state index contributed by atoms with van der Waals surface area (Å²) in [7, 11) is 0. The van der Waals surface area contributed by atoms with Crippen molar-refractivity contribution in [3.05, 3.63) is 24.2 Å². The van der Waals surface area contributed by atoms with E-state index in [2.05, 4.69) is 37.1 Å². The first kappa shape index (κ1) is 16.5. The Kier molecular flexibility index (Phi) is 6.27. The quantitative estimate of drug-likeness (QED) is 0.800. The first-order valence-electron chi connectivity index (χ1n) is 8.19. The van der Waals surface area contributed by atoms with Gasteiger partial charge in [-0.2, -0.15) is 0 Å². The molecule has 1 saturated heterocycles. The van der Waals surface area contributed by atoms with E-state index in [0.29, 0.717) is 6.04 Å². The zero-order chi connectivity index (χ0) is 15.1. The lowest BCUT2D eigenvalue weighted by Crippen LogP contribution is -2.50. The molecule has 4 heteroatoms. The summed E-state index contributed by atoms with van der Waals surface area (Å²) < 4.78 is 11.3. The highest BCUT2D eigenvalue weighted by Crippen LogP contribution is 2.30. The molecule has 1 aliphatic rings. The summed E-state index contributed by atoms with van der Waals surface area (Å²) in [6, 6.07) is 4.53. The zero-order valence-electron chi connectivity index (χ0n) is 13.7. The largest absolute Gasteiger partial charge is 0.468 e. The molecule has 1 aliphatic heterocycles. The molecule has 0 amide bonds. The van der Waals surface area contributed by atoms with Gasteiger partial charge in [-0.1, -0.05) is 20.8 Å². The molecule has 0 spiro atoms. The second-order valence-corrected chi connectivity index (χ2v) is 6.57. The molecule has 1 fully saturated rings. The third-order valence-corrected chi connectivity index (χ3v) is 4.26. The van der Waals surface area contributed by atoms with Gasteiger partial charge in [-0.3, -0.25) is 4.90 Å². The smallest absolute Gasteiger partial charge is 0.117 e. The Bertz CT molecular complexity index is 384. The molecule has 21 heavy (non-hydrogen) atoms. The summed E-state index contributed by atoms with van der Waals surface area (Å²) in [6.45, 7) is 12.4. The van der Waals surface area contributed by atoms with E-state index in [1.807, 2.05) is 6.07 Å². The van der Waals surface area contributed by atoms with E-state index >= 15 is 0 Å². The van der Waals surface area contributed by atoms with Gasteiger partial charge in [0.05, 0.1) is 19.4 Å². The molecule has 0 bridgehead atoms. The minimum absolute atomic E-state index is 0.227. The van der Waals surface area contributed by atoms with Gasteiger partial charge in [-0.25, -0.2) is 0 Å². The molecule has 4 nitrogen and oxygen atoms in total. The van der Waals surface area contributed by atoms with Crippen LogP contribution in [-0.2, 0) is 11.3 Å². The fourth-order valence-corrected chi connectivity index (χ4v) is 3.03. The highest BCUT2D eigenvalue weighted by atomic mass is 16.5. The molecule has 0 radical (unpaired) electrons. The Balaban J connectivity index is 1.98. The van der Waals surface area contributed by atoms with E-state index in [1.165, 1.54) is 6.42 Å². The zero-order valence-corrected chi connectivity index (χ0v) is 13.7. The molecular weight excluding hydrogens is 264 g/mol. The van der Waals surface area contributed by atoms with Crippen LogP contribution < -0.4 is 5.32 Å². The van der Waals surface area contributed by atoms with Crippen molar-refractivity contribution in [3.8, 4) is 0 Å². The lowest BCUT2D eigenvalue weighted by Gasteiger charge is -2.41. The van der Waals surface area contributed by atoms with Crippen LogP contribution in [0.4, 0.5) is 0 Å². The van der Waals surface area contributed by atoms with Gasteiger partial charge in [0.25, 0.3) is 0 Å². The molecule has 1 aromatic heterocycles. The average Bonchev–Trinajstić information content (AvgIpc) is 2.98. The molecule has 2 heterocycles. The minimum atomic E-state index is 0.227. The van der Waals surface area contributed by atoms with Gasteiger partial charge in [0.1, 0.15) is 5.76 Å². The SMILES string of the molecule is CCN(Cc1ccco1)CC1(CNC(C)C)CCCOC1. The molecule has 120 valence electrons. The van der Waals surface area contributed by atoms with Crippen LogP contribution in [0.15, 0.2) is 22.8 Å². The summed E-state index contributed by atoms with van der Waals surface area (Å²) in [5.74, 6) is 1.04. The Morgan fingerprint density at radius 1 is 1.43 bits per heavy atom. The molecule has 1 N–H and O–H groups in total. The van der Waals surface area contributed by atoms with E-state index < -0.39 is 0 Å². The monoisotopic (exact) mass is 294 g/mol. The summed E-state index contributed by atoms with van der Waals surface area (Å²) in [5.41, 5.74) is 0.227. The van der Waals surface area contributed by atoms with E-state index in [4.69, 9.17) is 9.15 Å². The van der Waals surface area contributed by atoms with E-state index in [-0.39, 0.29) is 5.41 Å². The van der Waals surface area contributed by atoms with E-state index in [9.17, 15) is 0 Å². The Labute approximate surface area is 128 Å². The van der Waals surface area contributed by atoms with Gasteiger partial charge in [-0.15, -0.1) is 0 Å². The Hall–Kier alpha value is -0.840. The van der Waals surface area contributed by atoms with E-state index in [1.54, 1.807) is 6.26 Å². The second-order valence-electron chi connectivity index (χ2n) is 6.57. The van der Waals surface area contributed by atoms with Crippen LogP contribution in [0.25, 0.3) is 0 Å². The highest BCUT2D eigenvalue weighted by molar-refractivity contribution is 4.98. The fraction of sp³-hybridized carbons (Fsp3) is 0.765. The maximum atomic E-state index is 5.81. The topological polar surface area (TPSA) is 37.6 Å². The van der Waals surface area contributed by atoms with Gasteiger partial charge < -0.3 is 14.5 Å². The van der Waals surface area contributed by atoms with Crippen LogP contribution >= 0.6 is 0 Å². The van der Waals surface area contributed by atoms with Crippen molar-refractivity contribution in [1.82, 2.24) is 10.2 Å². The molecule has 0 aromatic carbocycles. The Morgan fingerprint density at radius 3 is 2.86 bits per heavy atom. The maximum Gasteiger partial charge on any atom is 0.117 e. The van der Waals surface area contributed by atoms with Crippen LogP contribution in [0.5, 0.6) is 0 Å². The molecule has 1 atom stereocenters. The number of furan rings is 1. The van der Waals surface area contributed by atoms with Gasteiger partial charge in [0.2, 0.25) is 0 Å². The molecule has 0 saturated carbocycles. The third kappa shape index (κ3) is 5.13. The number of nitrogens with zero attached hydrogens (tertiary/aromatic N) is 1. The van der Waals surface area contributed by atoms with Crippen LogP contribution in [0.2, 0.25) is 0 Å². The molecule has 2 rings (SSSR count). The van der Waals surface area contributed by atoms with Gasteiger partial charge >= 0.3 is 0 Å². The first-order chi connectivity index (χ1) is 10.1. The summed E-state index contributed by atoms with van der Waals surface area (Å²) in [4.78, 5) is 2.47. The lowest BCUT2D eigenvalue weighted by atomic mass is 9.81. The number of hydrogen-bond donors (Lipinski definition) is 1. The maximum absolute atomic E-state index is 5.81. The Morgan fingerprint density at radius 2 is 2.29 bits per heavy atom. The fourth-order valence-electron chi connectivity index (χ4n) is 3.03. The van der Waals surface area contributed by atoms with Crippen molar-refractivity contribution in [3.63, 3.8) is 0 Å². The number of ether oxygens (including phenoxy) is 1. The average molecular weight is 294 g/mol. The van der Waals surface area contributed by atoms with Gasteiger partial charge in [0, 0.05) is 31.2 Å². The lowest BCUT2D eigenvalue weighted by molar-refractivity contribution is -0.0283. The van der Waals surface area contributed by atoms with Crippen molar-refractivity contribution in [2.45, 2.75) is 46.2 Å². The summed E-state index contributed by atoms with van der Waals surface area (Å²) in [5, 5.41) is 3.61. The van der Waals surface area contributed by atoms with Crippen molar-refractivity contribution in [2.75, 3.05) is 32.8 Å². The van der Waals surface area contributed by atoms with Crippen LogP contribution in [-0.4, -0.2) is 43.8 Å². The number of rotatable bonds is 8. The van der Waals surface area contributed by atoms with Crippen LogP contribution in [0.1, 0.15) is 39.4 Å². The minimum Gasteiger partial charge on any atom is -0.468 e. The normalized spacial score (nSPS) is 23.1. The van der Waals surface area contributed by atoms with Crippen molar-refractivity contribution in [1.29, 1.82) is 0 Å². The molecule has 1 aromatic rings. The number of nitrogens with one attached hydrogen (secondary N) is 1. The van der Waals surface area contributed by atoms with Gasteiger partial charge in [0.15, 0.2) is 0 Å². The van der Waals surface area contributed by atoms with Crippen molar-refractivity contribution < 1.29 is 9.15 Å². The van der Waals surface area contributed by atoms with Crippen LogP contribution in [0, 0.1) is 5.41 Å². The molecule has 0 aliphatic carbocycles. The molecule has 1 unspecified atom stereocenters. The molecular formula is C17H30N2O2. The third-order valence-electron chi connectivity index (χ3n) is 4.26. The predicted octanol–water partition coefficient (Wildman–Crippen LogP) is 2.90. The van der Waals surface area contributed by atoms with Gasteiger partial charge in [-0.05, 0) is 31.5 Å². The summed E-state index contributed by atoms with van der Waals surface area (Å²) >= 11 is 0. The van der Waals surface area contributed by atoms with E-state index in [0.717, 1.165) is 51.6 Å².